The second-order valence-corrected chi connectivity index (χ2v) is 16.9. The Morgan fingerprint density at radius 1 is 1.21 bits per heavy atom. The molecular formula is C37H52N8O6S. The van der Waals surface area contributed by atoms with Gasteiger partial charge in [0.25, 0.3) is 0 Å². The summed E-state index contributed by atoms with van der Waals surface area (Å²) in [5, 5.41) is 27.5. The largest absolute Gasteiger partial charge is 0.474 e. The van der Waals surface area contributed by atoms with Crippen LogP contribution < -0.4 is 9.47 Å². The molecule has 4 atom stereocenters. The summed E-state index contributed by atoms with van der Waals surface area (Å²) >= 11 is 1.53. The topological polar surface area (TPSA) is 158 Å². The zero-order valence-electron chi connectivity index (χ0n) is 31.6. The third-order valence-corrected chi connectivity index (χ3v) is 11.5. The monoisotopic (exact) mass is 736 g/mol. The lowest BCUT2D eigenvalue weighted by Crippen LogP contribution is -2.44. The number of aliphatic hydroxyl groups is 1. The molecule has 0 aromatic carbocycles. The van der Waals surface area contributed by atoms with E-state index in [0.717, 1.165) is 49.1 Å². The Kier molecular flexibility index (Phi) is 10.7. The fourth-order valence-corrected chi connectivity index (χ4v) is 8.85. The summed E-state index contributed by atoms with van der Waals surface area (Å²) in [7, 11) is 5.87. The number of fused-ring (bicyclic) bond motifs is 1. The molecule has 15 heteroatoms. The molecule has 2 aromatic heterocycles. The van der Waals surface area contributed by atoms with Gasteiger partial charge in [0.1, 0.15) is 28.9 Å². The molecule has 5 heterocycles. The number of nitrogens with zero attached hydrogens (tertiary/aromatic N) is 8. The minimum atomic E-state index is -1.99. The Balaban J connectivity index is 1.25. The van der Waals surface area contributed by atoms with Gasteiger partial charge in [-0.05, 0) is 85.9 Å². The second-order valence-electron chi connectivity index (χ2n) is 15.8. The molecule has 2 saturated heterocycles. The third kappa shape index (κ3) is 7.99. The summed E-state index contributed by atoms with van der Waals surface area (Å²) in [4.78, 5) is 39.4. The number of amides is 1. The second kappa shape index (κ2) is 14.8. The number of aliphatic imine (C=N–C) groups is 1. The summed E-state index contributed by atoms with van der Waals surface area (Å²) in [6.45, 7) is 11.6. The first-order valence-electron chi connectivity index (χ1n) is 18.2. The number of ether oxygens (including phenoxy) is 3. The van der Waals surface area contributed by atoms with Crippen molar-refractivity contribution in [3.63, 3.8) is 0 Å². The van der Waals surface area contributed by atoms with Crippen molar-refractivity contribution in [2.45, 2.75) is 121 Å². The smallest absolute Gasteiger partial charge is 0.410 e. The molecule has 6 rings (SSSR count). The van der Waals surface area contributed by atoms with Crippen molar-refractivity contribution in [2.24, 2.45) is 10.1 Å². The van der Waals surface area contributed by atoms with Crippen molar-refractivity contribution < 1.29 is 28.9 Å². The van der Waals surface area contributed by atoms with Crippen LogP contribution in [0.5, 0.6) is 11.8 Å². The van der Waals surface area contributed by atoms with Crippen molar-refractivity contribution in [3.05, 3.63) is 27.9 Å². The van der Waals surface area contributed by atoms with Crippen LogP contribution in [0.1, 0.15) is 101 Å². The van der Waals surface area contributed by atoms with E-state index in [1.807, 2.05) is 46.7 Å². The Bertz CT molecular complexity index is 1740. The first-order chi connectivity index (χ1) is 24.6. The van der Waals surface area contributed by atoms with Gasteiger partial charge in [-0.2, -0.15) is 15.2 Å². The zero-order valence-corrected chi connectivity index (χ0v) is 32.5. The standard InChI is InChI=1S/C37H52N8O6S/c1-23(26-11-10-16-44(26)8)48-29-19-30(49-24-13-17-45(18-14-24)34(46)50-35(2,3)4)41-33(40-29)37(47)20-28(42-51-37)36(5)15-9-12-27-31(36)25(21-38)32(52-27)39-22-43(6)7/h19,22-24,26,47H,9-18,20H2,1-8H3/b39-22+/t23-,26-,36+,37?/m0/s1. The molecule has 52 heavy (non-hydrogen) atoms. The molecule has 14 nitrogen and oxygen atoms in total. The Morgan fingerprint density at radius 3 is 2.60 bits per heavy atom. The summed E-state index contributed by atoms with van der Waals surface area (Å²) in [6, 6.07) is 4.28. The van der Waals surface area contributed by atoms with E-state index in [1.54, 1.807) is 17.3 Å². The van der Waals surface area contributed by atoms with E-state index in [4.69, 9.17) is 19.0 Å². The number of likely N-dealkylation sites (N-methyl/N-ethyl adjacent to an activating group) is 1. The fourth-order valence-electron chi connectivity index (χ4n) is 7.59. The summed E-state index contributed by atoms with van der Waals surface area (Å²) in [5.41, 5.74) is 0.808. The number of carbonyl (C=O) groups excluding carboxylic acids is 1. The number of piperidine rings is 1. The van der Waals surface area contributed by atoms with Crippen LogP contribution >= 0.6 is 11.3 Å². The minimum absolute atomic E-state index is 0.00194. The molecule has 1 unspecified atom stereocenters. The molecule has 0 saturated carbocycles. The quantitative estimate of drug-likeness (QED) is 0.257. The van der Waals surface area contributed by atoms with Gasteiger partial charge in [-0.1, -0.05) is 5.16 Å². The normalized spacial score (nSPS) is 26.0. The molecule has 1 N–H and O–H groups in total. The van der Waals surface area contributed by atoms with E-state index in [2.05, 4.69) is 45.1 Å². The molecule has 1 aliphatic carbocycles. The van der Waals surface area contributed by atoms with Crippen LogP contribution in [0.25, 0.3) is 0 Å². The summed E-state index contributed by atoms with van der Waals surface area (Å²) < 4.78 is 18.4. The first-order valence-corrected chi connectivity index (χ1v) is 19.1. The highest BCUT2D eigenvalue weighted by atomic mass is 32.1. The van der Waals surface area contributed by atoms with Crippen LogP contribution in [-0.4, -0.2) is 113 Å². The maximum atomic E-state index is 12.7. The molecule has 1 amide bonds. The maximum absolute atomic E-state index is 12.7. The number of thiophene rings is 1. The average molecular weight is 737 g/mol. The van der Waals surface area contributed by atoms with E-state index >= 15 is 0 Å². The van der Waals surface area contributed by atoms with Crippen LogP contribution in [0.15, 0.2) is 16.2 Å². The lowest BCUT2D eigenvalue weighted by Gasteiger charge is -2.34. The van der Waals surface area contributed by atoms with Gasteiger partial charge in [-0.15, -0.1) is 11.3 Å². The summed E-state index contributed by atoms with van der Waals surface area (Å²) in [5.74, 6) is -1.50. The van der Waals surface area contributed by atoms with Crippen LogP contribution in [0.3, 0.4) is 0 Å². The van der Waals surface area contributed by atoms with Crippen LogP contribution in [-0.2, 0) is 27.2 Å². The maximum Gasteiger partial charge on any atom is 0.410 e. The lowest BCUT2D eigenvalue weighted by molar-refractivity contribution is -0.199. The highest BCUT2D eigenvalue weighted by molar-refractivity contribution is 7.16. The van der Waals surface area contributed by atoms with Crippen LogP contribution in [0.4, 0.5) is 9.80 Å². The number of oxime groups is 1. The van der Waals surface area contributed by atoms with E-state index in [1.165, 1.54) is 11.3 Å². The molecule has 0 spiro atoms. The Morgan fingerprint density at radius 2 is 1.94 bits per heavy atom. The van der Waals surface area contributed by atoms with Gasteiger partial charge in [0.2, 0.25) is 17.6 Å². The van der Waals surface area contributed by atoms with Gasteiger partial charge >= 0.3 is 11.9 Å². The van der Waals surface area contributed by atoms with E-state index in [0.29, 0.717) is 42.2 Å². The van der Waals surface area contributed by atoms with E-state index in [-0.39, 0.29) is 48.3 Å². The molecular weight excluding hydrogens is 685 g/mol. The highest BCUT2D eigenvalue weighted by Crippen LogP contribution is 2.51. The SMILES string of the molecule is C[C@H](Oc1cc(OC2CCN(C(=O)OC(C)(C)C)CC2)nc(C2(O)CC([C@@]3(C)CCCc4sc(/N=C/N(C)C)c(C#N)c43)=NO2)n1)[C@@H]1CCCN1C. The molecule has 0 radical (unpaired) electrons. The zero-order chi connectivity index (χ0) is 37.4. The van der Waals surface area contributed by atoms with Crippen LogP contribution in [0.2, 0.25) is 0 Å². The number of hydrogen-bond donors (Lipinski definition) is 1. The van der Waals surface area contributed by atoms with Gasteiger partial charge < -0.3 is 34.0 Å². The highest BCUT2D eigenvalue weighted by Gasteiger charge is 2.51. The average Bonchev–Trinajstić information content (AvgIpc) is 3.80. The Labute approximate surface area is 310 Å². The molecule has 0 bridgehead atoms. The van der Waals surface area contributed by atoms with Crippen molar-refractivity contribution >= 4 is 34.5 Å². The predicted octanol–water partition coefficient (Wildman–Crippen LogP) is 5.49. The lowest BCUT2D eigenvalue weighted by atomic mass is 9.68. The number of aryl methyl sites for hydroxylation is 1. The van der Waals surface area contributed by atoms with Crippen molar-refractivity contribution in [1.29, 1.82) is 5.26 Å². The van der Waals surface area contributed by atoms with Gasteiger partial charge in [0.05, 0.1) is 30.1 Å². The number of carbonyl (C=O) groups is 1. The number of likely N-dealkylation sites (tertiary alicyclic amines) is 2. The number of hydrogen-bond acceptors (Lipinski definition) is 13. The molecule has 3 aliphatic heterocycles. The Hall–Kier alpha value is -4.00. The first kappa shape index (κ1) is 37.7. The third-order valence-electron chi connectivity index (χ3n) is 10.3. The van der Waals surface area contributed by atoms with Gasteiger partial charge in [-0.3, -0.25) is 4.90 Å². The molecule has 282 valence electrons. The number of aromatic nitrogens is 2. The fraction of sp³-hybridized carbons (Fsp3) is 0.676. The summed E-state index contributed by atoms with van der Waals surface area (Å²) in [6.07, 6.45) is 6.67. The molecule has 2 aromatic rings. The van der Waals surface area contributed by atoms with Crippen LogP contribution in [0, 0.1) is 11.3 Å². The molecule has 2 fully saturated rings. The van der Waals surface area contributed by atoms with E-state index in [9.17, 15) is 15.2 Å². The predicted molar refractivity (Wildman–Crippen MR) is 197 cm³/mol. The van der Waals surface area contributed by atoms with Crippen molar-refractivity contribution in [2.75, 3.05) is 40.8 Å². The van der Waals surface area contributed by atoms with Crippen molar-refractivity contribution in [3.8, 4) is 17.8 Å². The van der Waals surface area contributed by atoms with Gasteiger partial charge in [0, 0.05) is 56.4 Å². The molecule has 4 aliphatic rings. The minimum Gasteiger partial charge on any atom is -0.474 e. The van der Waals surface area contributed by atoms with E-state index < -0.39 is 16.8 Å². The van der Waals surface area contributed by atoms with Gasteiger partial charge in [0.15, 0.2) is 0 Å². The number of nitriles is 1. The van der Waals surface area contributed by atoms with Crippen molar-refractivity contribution in [1.82, 2.24) is 24.7 Å². The van der Waals surface area contributed by atoms with Gasteiger partial charge in [-0.25, -0.2) is 9.79 Å². The number of rotatable bonds is 9.